The molecule has 1 aromatic carbocycles. The Morgan fingerprint density at radius 2 is 2.21 bits per heavy atom. The van der Waals surface area contributed by atoms with Gasteiger partial charge in [-0.3, -0.25) is 0 Å². The molecule has 7 heteroatoms. The Bertz CT molecular complexity index is 524. The molecule has 0 saturated carbocycles. The molecule has 2 amide bonds. The topological polar surface area (TPSA) is 69.6 Å². The summed E-state index contributed by atoms with van der Waals surface area (Å²) in [6, 6.07) is 3.85. The Labute approximate surface area is 123 Å². The fourth-order valence-corrected chi connectivity index (χ4v) is 2.53. The van der Waals surface area contributed by atoms with E-state index in [1.54, 1.807) is 18.2 Å². The van der Waals surface area contributed by atoms with Crippen molar-refractivity contribution in [3.05, 3.63) is 27.7 Å². The van der Waals surface area contributed by atoms with Crippen LogP contribution in [0.5, 0.6) is 0 Å². The van der Waals surface area contributed by atoms with E-state index in [9.17, 15) is 9.59 Å². The largest absolute Gasteiger partial charge is 0.480 e. The number of amides is 2. The van der Waals surface area contributed by atoms with Gasteiger partial charge in [0, 0.05) is 16.7 Å². The van der Waals surface area contributed by atoms with Crippen molar-refractivity contribution >= 4 is 45.2 Å². The highest BCUT2D eigenvalue weighted by Crippen LogP contribution is 2.26. The molecule has 5 nitrogen and oxygen atoms in total. The maximum absolute atomic E-state index is 12.0. The summed E-state index contributed by atoms with van der Waals surface area (Å²) >= 11 is 9.12. The summed E-state index contributed by atoms with van der Waals surface area (Å²) in [6.07, 6.45) is 1.20. The minimum Gasteiger partial charge on any atom is -0.480 e. The van der Waals surface area contributed by atoms with Crippen LogP contribution in [0.15, 0.2) is 22.7 Å². The average molecular weight is 348 g/mol. The number of urea groups is 1. The van der Waals surface area contributed by atoms with Crippen LogP contribution in [0.4, 0.5) is 10.5 Å². The van der Waals surface area contributed by atoms with E-state index in [0.717, 1.165) is 0 Å². The lowest BCUT2D eigenvalue weighted by molar-refractivity contribution is -0.141. The molecule has 1 aliphatic heterocycles. The zero-order valence-electron chi connectivity index (χ0n) is 9.90. The molecule has 0 aliphatic carbocycles. The minimum absolute atomic E-state index is 0.404. The smallest absolute Gasteiger partial charge is 0.326 e. The van der Waals surface area contributed by atoms with Crippen LogP contribution in [0.2, 0.25) is 5.02 Å². The summed E-state index contributed by atoms with van der Waals surface area (Å²) < 4.78 is 0.670. The lowest BCUT2D eigenvalue weighted by atomic mass is 10.2. The van der Waals surface area contributed by atoms with Gasteiger partial charge in [-0.1, -0.05) is 11.6 Å². The Hall–Kier alpha value is -1.27. The number of carbonyl (C=O) groups is 2. The van der Waals surface area contributed by atoms with Crippen LogP contribution in [0.3, 0.4) is 0 Å². The number of carboxylic acids is 1. The molecule has 1 aliphatic rings. The Balaban J connectivity index is 2.08. The van der Waals surface area contributed by atoms with Gasteiger partial charge in [0.25, 0.3) is 0 Å². The van der Waals surface area contributed by atoms with Crippen LogP contribution < -0.4 is 5.32 Å². The molecule has 1 fully saturated rings. The van der Waals surface area contributed by atoms with Crippen molar-refractivity contribution in [1.29, 1.82) is 0 Å². The summed E-state index contributed by atoms with van der Waals surface area (Å²) in [4.78, 5) is 24.4. The third kappa shape index (κ3) is 3.19. The number of benzene rings is 1. The maximum Gasteiger partial charge on any atom is 0.326 e. The standard InChI is InChI=1S/C12H12BrClN2O3/c13-8-6-7(3-4-9(8)14)15-12(19)16-5-1-2-10(16)11(17)18/h3-4,6,10H,1-2,5H2,(H,15,19)(H,17,18). The fourth-order valence-electron chi connectivity index (χ4n) is 2.04. The van der Waals surface area contributed by atoms with E-state index < -0.39 is 18.0 Å². The van der Waals surface area contributed by atoms with Crippen LogP contribution in [-0.2, 0) is 4.79 Å². The highest BCUT2D eigenvalue weighted by Gasteiger charge is 2.33. The predicted molar refractivity (Wildman–Crippen MR) is 75.5 cm³/mol. The van der Waals surface area contributed by atoms with Crippen molar-refractivity contribution in [2.24, 2.45) is 0 Å². The monoisotopic (exact) mass is 346 g/mol. The predicted octanol–water partition coefficient (Wildman–Crippen LogP) is 3.18. The van der Waals surface area contributed by atoms with Gasteiger partial charge in [-0.15, -0.1) is 0 Å². The average Bonchev–Trinajstić information content (AvgIpc) is 2.83. The summed E-state index contributed by atoms with van der Waals surface area (Å²) in [5.41, 5.74) is 0.567. The van der Waals surface area contributed by atoms with Crippen LogP contribution in [-0.4, -0.2) is 34.6 Å². The molecule has 102 valence electrons. The van der Waals surface area contributed by atoms with Gasteiger partial charge in [0.05, 0.1) is 5.02 Å². The second-order valence-electron chi connectivity index (χ2n) is 4.25. The normalized spacial score (nSPS) is 18.4. The van der Waals surface area contributed by atoms with Gasteiger partial charge in [0.1, 0.15) is 6.04 Å². The Morgan fingerprint density at radius 1 is 1.47 bits per heavy atom. The van der Waals surface area contributed by atoms with Gasteiger partial charge in [0.15, 0.2) is 0 Å². The number of carboxylic acid groups (broad SMARTS) is 1. The number of likely N-dealkylation sites (tertiary alicyclic amines) is 1. The summed E-state index contributed by atoms with van der Waals surface area (Å²) in [6.45, 7) is 0.456. The van der Waals surface area contributed by atoms with Crippen molar-refractivity contribution in [3.8, 4) is 0 Å². The third-order valence-electron chi connectivity index (χ3n) is 2.97. The third-order valence-corrected chi connectivity index (χ3v) is 4.18. The molecule has 2 rings (SSSR count). The van der Waals surface area contributed by atoms with E-state index in [-0.39, 0.29) is 0 Å². The number of aliphatic carboxylic acids is 1. The first-order valence-electron chi connectivity index (χ1n) is 5.74. The summed E-state index contributed by atoms with van der Waals surface area (Å²) in [7, 11) is 0. The van der Waals surface area contributed by atoms with Gasteiger partial charge >= 0.3 is 12.0 Å². The lowest BCUT2D eigenvalue weighted by Gasteiger charge is -2.21. The van der Waals surface area contributed by atoms with Crippen LogP contribution in [0.25, 0.3) is 0 Å². The zero-order valence-corrected chi connectivity index (χ0v) is 12.2. The summed E-state index contributed by atoms with van der Waals surface area (Å²) in [5.74, 6) is -0.968. The first-order chi connectivity index (χ1) is 8.99. The number of hydrogen-bond acceptors (Lipinski definition) is 2. The molecule has 1 atom stereocenters. The van der Waals surface area contributed by atoms with E-state index in [1.807, 2.05) is 0 Å². The van der Waals surface area contributed by atoms with Crippen molar-refractivity contribution < 1.29 is 14.7 Å². The molecule has 0 aromatic heterocycles. The number of halogens is 2. The SMILES string of the molecule is O=C(O)C1CCCN1C(=O)Nc1ccc(Cl)c(Br)c1. The molecule has 1 aromatic rings. The molecule has 0 bridgehead atoms. The van der Waals surface area contributed by atoms with E-state index in [4.69, 9.17) is 16.7 Å². The Kier molecular flexibility index (Phi) is 4.31. The minimum atomic E-state index is -0.968. The van der Waals surface area contributed by atoms with Gasteiger partial charge in [0.2, 0.25) is 0 Å². The van der Waals surface area contributed by atoms with E-state index in [0.29, 0.717) is 34.6 Å². The summed E-state index contributed by atoms with van der Waals surface area (Å²) in [5, 5.41) is 12.2. The number of carbonyl (C=O) groups excluding carboxylic acids is 1. The maximum atomic E-state index is 12.0. The van der Waals surface area contributed by atoms with Crippen molar-refractivity contribution in [1.82, 2.24) is 4.90 Å². The van der Waals surface area contributed by atoms with Crippen LogP contribution >= 0.6 is 27.5 Å². The fraction of sp³-hybridized carbons (Fsp3) is 0.333. The molecular formula is C12H12BrClN2O3. The van der Waals surface area contributed by atoms with Crippen molar-refractivity contribution in [3.63, 3.8) is 0 Å². The molecule has 1 heterocycles. The number of nitrogens with zero attached hydrogens (tertiary/aromatic N) is 1. The van der Waals surface area contributed by atoms with Gasteiger partial charge in [-0.2, -0.15) is 0 Å². The number of nitrogens with one attached hydrogen (secondary N) is 1. The van der Waals surface area contributed by atoms with Crippen molar-refractivity contribution in [2.75, 3.05) is 11.9 Å². The lowest BCUT2D eigenvalue weighted by Crippen LogP contribution is -2.42. The van der Waals surface area contributed by atoms with E-state index >= 15 is 0 Å². The quantitative estimate of drug-likeness (QED) is 0.863. The second-order valence-corrected chi connectivity index (χ2v) is 5.51. The van der Waals surface area contributed by atoms with Gasteiger partial charge < -0.3 is 15.3 Å². The van der Waals surface area contributed by atoms with E-state index in [1.165, 1.54) is 4.90 Å². The molecule has 1 unspecified atom stereocenters. The molecule has 19 heavy (non-hydrogen) atoms. The molecule has 1 saturated heterocycles. The Morgan fingerprint density at radius 3 is 2.84 bits per heavy atom. The van der Waals surface area contributed by atoms with Crippen LogP contribution in [0.1, 0.15) is 12.8 Å². The molecular weight excluding hydrogens is 336 g/mol. The van der Waals surface area contributed by atoms with Crippen molar-refractivity contribution in [2.45, 2.75) is 18.9 Å². The number of hydrogen-bond donors (Lipinski definition) is 2. The number of rotatable bonds is 2. The molecule has 0 spiro atoms. The van der Waals surface area contributed by atoms with Crippen LogP contribution in [0, 0.1) is 0 Å². The number of anilines is 1. The second kappa shape index (κ2) is 5.79. The first-order valence-corrected chi connectivity index (χ1v) is 6.91. The molecule has 0 radical (unpaired) electrons. The highest BCUT2D eigenvalue weighted by molar-refractivity contribution is 9.10. The van der Waals surface area contributed by atoms with Gasteiger partial charge in [-0.25, -0.2) is 9.59 Å². The highest BCUT2D eigenvalue weighted by atomic mass is 79.9. The van der Waals surface area contributed by atoms with Gasteiger partial charge in [-0.05, 0) is 47.0 Å². The van der Waals surface area contributed by atoms with E-state index in [2.05, 4.69) is 21.2 Å². The molecule has 2 N–H and O–H groups in total. The first kappa shape index (κ1) is 14.1. The zero-order chi connectivity index (χ0) is 14.0.